The summed E-state index contributed by atoms with van der Waals surface area (Å²) in [6, 6.07) is 8.38. The third kappa shape index (κ3) is 6.19. The van der Waals surface area contributed by atoms with Crippen LogP contribution in [-0.4, -0.2) is 48.8 Å². The molecule has 1 saturated carbocycles. The predicted molar refractivity (Wildman–Crippen MR) is 117 cm³/mol. The lowest BCUT2D eigenvalue weighted by molar-refractivity contribution is -0.142. The van der Waals surface area contributed by atoms with Gasteiger partial charge in [0.15, 0.2) is 0 Å². The summed E-state index contributed by atoms with van der Waals surface area (Å²) < 4.78 is 11.8. The number of hydrogen-bond acceptors (Lipinski definition) is 4. The molecule has 5 nitrogen and oxygen atoms in total. The molecule has 1 saturated heterocycles. The highest BCUT2D eigenvalue weighted by atomic mass is 16.5. The van der Waals surface area contributed by atoms with E-state index in [4.69, 9.17) is 9.47 Å². The highest BCUT2D eigenvalue weighted by Crippen LogP contribution is 2.42. The fraction of sp³-hybridized carbons (Fsp3) is 0.708. The SMILES string of the molecule is CCCOC(C)(C(=O)Nc1ccc(OCCCN2CCCCC2C)cc1)C1CC1. The molecule has 1 amide bonds. The van der Waals surface area contributed by atoms with Crippen molar-refractivity contribution < 1.29 is 14.3 Å². The van der Waals surface area contributed by atoms with Crippen LogP contribution in [0.25, 0.3) is 0 Å². The Morgan fingerprint density at radius 3 is 2.59 bits per heavy atom. The van der Waals surface area contributed by atoms with Crippen LogP contribution in [0.1, 0.15) is 65.7 Å². The van der Waals surface area contributed by atoms with E-state index in [-0.39, 0.29) is 5.91 Å². The normalized spacial score (nSPS) is 22.1. The van der Waals surface area contributed by atoms with Crippen LogP contribution in [-0.2, 0) is 9.53 Å². The summed E-state index contributed by atoms with van der Waals surface area (Å²) in [5, 5.41) is 3.03. The van der Waals surface area contributed by atoms with Crippen molar-refractivity contribution in [2.24, 2.45) is 5.92 Å². The van der Waals surface area contributed by atoms with Gasteiger partial charge < -0.3 is 19.7 Å². The van der Waals surface area contributed by atoms with Gasteiger partial charge in [-0.3, -0.25) is 4.79 Å². The Kier molecular flexibility index (Phi) is 7.96. The van der Waals surface area contributed by atoms with Crippen molar-refractivity contribution in [1.29, 1.82) is 0 Å². The summed E-state index contributed by atoms with van der Waals surface area (Å²) in [5.74, 6) is 1.14. The summed E-state index contributed by atoms with van der Waals surface area (Å²) in [6.07, 6.45) is 8.09. The third-order valence-corrected chi connectivity index (χ3v) is 6.32. The molecule has 0 radical (unpaired) electrons. The van der Waals surface area contributed by atoms with Gasteiger partial charge in [-0.25, -0.2) is 0 Å². The van der Waals surface area contributed by atoms with Crippen LogP contribution >= 0.6 is 0 Å². The van der Waals surface area contributed by atoms with E-state index in [0.29, 0.717) is 18.6 Å². The number of likely N-dealkylation sites (tertiary alicyclic amines) is 1. The van der Waals surface area contributed by atoms with Crippen molar-refractivity contribution in [1.82, 2.24) is 4.90 Å². The second-order valence-electron chi connectivity index (χ2n) is 8.79. The molecule has 0 aromatic heterocycles. The molecule has 0 bridgehead atoms. The number of hydrogen-bond donors (Lipinski definition) is 1. The van der Waals surface area contributed by atoms with Crippen molar-refractivity contribution in [3.63, 3.8) is 0 Å². The molecule has 0 spiro atoms. The minimum Gasteiger partial charge on any atom is -0.494 e. The molecule has 29 heavy (non-hydrogen) atoms. The first-order chi connectivity index (χ1) is 14.0. The van der Waals surface area contributed by atoms with Gasteiger partial charge in [0.1, 0.15) is 11.4 Å². The highest BCUT2D eigenvalue weighted by molar-refractivity contribution is 5.97. The number of benzene rings is 1. The van der Waals surface area contributed by atoms with Gasteiger partial charge in [0.25, 0.3) is 5.91 Å². The molecule has 1 heterocycles. The fourth-order valence-corrected chi connectivity index (χ4v) is 4.15. The molecule has 5 heteroatoms. The Morgan fingerprint density at radius 2 is 1.93 bits per heavy atom. The van der Waals surface area contributed by atoms with Gasteiger partial charge in [0.05, 0.1) is 6.61 Å². The molecule has 162 valence electrons. The van der Waals surface area contributed by atoms with E-state index in [1.165, 1.54) is 25.8 Å². The number of carbonyl (C=O) groups is 1. The zero-order valence-electron chi connectivity index (χ0n) is 18.4. The maximum Gasteiger partial charge on any atom is 0.256 e. The van der Waals surface area contributed by atoms with E-state index in [0.717, 1.165) is 50.3 Å². The van der Waals surface area contributed by atoms with Crippen LogP contribution in [0.2, 0.25) is 0 Å². The van der Waals surface area contributed by atoms with Crippen molar-refractivity contribution in [2.75, 3.05) is 31.6 Å². The Labute approximate surface area is 176 Å². The minimum atomic E-state index is -0.725. The predicted octanol–water partition coefficient (Wildman–Crippen LogP) is 4.86. The third-order valence-electron chi connectivity index (χ3n) is 6.32. The average Bonchev–Trinajstić information content (AvgIpc) is 3.57. The van der Waals surface area contributed by atoms with Crippen molar-refractivity contribution in [3.8, 4) is 5.75 Å². The molecule has 1 N–H and O–H groups in total. The van der Waals surface area contributed by atoms with Crippen LogP contribution in [0.5, 0.6) is 5.75 Å². The first-order valence-corrected chi connectivity index (χ1v) is 11.4. The molecule has 1 aliphatic carbocycles. The minimum absolute atomic E-state index is 0.0437. The second kappa shape index (κ2) is 10.4. The Morgan fingerprint density at radius 1 is 1.17 bits per heavy atom. The first-order valence-electron chi connectivity index (χ1n) is 11.4. The average molecular weight is 403 g/mol. The van der Waals surface area contributed by atoms with E-state index in [2.05, 4.69) is 24.1 Å². The quantitative estimate of drug-likeness (QED) is 0.537. The number of nitrogens with one attached hydrogen (secondary N) is 1. The van der Waals surface area contributed by atoms with Gasteiger partial charge in [0, 0.05) is 24.9 Å². The van der Waals surface area contributed by atoms with Gasteiger partial charge in [-0.1, -0.05) is 13.3 Å². The Balaban J connectivity index is 1.43. The number of nitrogens with zero attached hydrogens (tertiary/aromatic N) is 1. The zero-order valence-corrected chi connectivity index (χ0v) is 18.4. The van der Waals surface area contributed by atoms with E-state index in [9.17, 15) is 4.79 Å². The van der Waals surface area contributed by atoms with Crippen molar-refractivity contribution in [3.05, 3.63) is 24.3 Å². The van der Waals surface area contributed by atoms with E-state index < -0.39 is 5.60 Å². The summed E-state index contributed by atoms with van der Waals surface area (Å²) in [4.78, 5) is 15.4. The summed E-state index contributed by atoms with van der Waals surface area (Å²) >= 11 is 0. The molecule has 2 aliphatic rings. The fourth-order valence-electron chi connectivity index (χ4n) is 4.15. The topological polar surface area (TPSA) is 50.8 Å². The lowest BCUT2D eigenvalue weighted by Crippen LogP contribution is -2.45. The second-order valence-corrected chi connectivity index (χ2v) is 8.79. The van der Waals surface area contributed by atoms with Crippen LogP contribution in [0, 0.1) is 5.92 Å². The first kappa shape index (κ1) is 22.1. The van der Waals surface area contributed by atoms with Crippen LogP contribution in [0.3, 0.4) is 0 Å². The molecule has 1 aromatic carbocycles. The Bertz CT molecular complexity index is 644. The van der Waals surface area contributed by atoms with Crippen LogP contribution in [0.4, 0.5) is 5.69 Å². The molecular formula is C24H38N2O3. The molecule has 2 unspecified atom stereocenters. The number of ether oxygens (including phenoxy) is 2. The maximum atomic E-state index is 12.8. The van der Waals surface area contributed by atoms with Gasteiger partial charge in [0.2, 0.25) is 0 Å². The van der Waals surface area contributed by atoms with E-state index >= 15 is 0 Å². The molecule has 1 aliphatic heterocycles. The number of piperidine rings is 1. The largest absolute Gasteiger partial charge is 0.494 e. The number of carbonyl (C=O) groups excluding carboxylic acids is 1. The van der Waals surface area contributed by atoms with E-state index in [1.54, 1.807) is 0 Å². The van der Waals surface area contributed by atoms with Crippen LogP contribution in [0.15, 0.2) is 24.3 Å². The van der Waals surface area contributed by atoms with Crippen LogP contribution < -0.4 is 10.1 Å². The molecule has 3 rings (SSSR count). The van der Waals surface area contributed by atoms with Gasteiger partial charge in [-0.15, -0.1) is 0 Å². The monoisotopic (exact) mass is 402 g/mol. The lowest BCUT2D eigenvalue weighted by atomic mass is 9.98. The van der Waals surface area contributed by atoms with Gasteiger partial charge in [-0.2, -0.15) is 0 Å². The molecule has 1 aromatic rings. The smallest absolute Gasteiger partial charge is 0.256 e. The Hall–Kier alpha value is -1.59. The number of rotatable bonds is 11. The summed E-state index contributed by atoms with van der Waals surface area (Å²) in [6.45, 7) is 9.98. The summed E-state index contributed by atoms with van der Waals surface area (Å²) in [7, 11) is 0. The molecular weight excluding hydrogens is 364 g/mol. The zero-order chi connectivity index (χ0) is 20.7. The van der Waals surface area contributed by atoms with E-state index in [1.807, 2.05) is 31.2 Å². The summed E-state index contributed by atoms with van der Waals surface area (Å²) in [5.41, 5.74) is 0.0630. The lowest BCUT2D eigenvalue weighted by Gasteiger charge is -2.33. The van der Waals surface area contributed by atoms with Crippen molar-refractivity contribution >= 4 is 11.6 Å². The highest BCUT2D eigenvalue weighted by Gasteiger charge is 2.48. The number of amides is 1. The van der Waals surface area contributed by atoms with Crippen molar-refractivity contribution in [2.45, 2.75) is 77.4 Å². The maximum absolute atomic E-state index is 12.8. The van der Waals surface area contributed by atoms with Gasteiger partial charge >= 0.3 is 0 Å². The standard InChI is InChI=1S/C24H38N2O3/c1-4-17-29-24(3,20-9-10-20)23(27)25-21-11-13-22(14-12-21)28-18-7-16-26-15-6-5-8-19(26)2/h11-14,19-20H,4-10,15-18H2,1-3H3,(H,25,27). The number of anilines is 1. The molecule has 2 fully saturated rings. The van der Waals surface area contributed by atoms with Gasteiger partial charge in [-0.05, 0) is 89.1 Å². The molecule has 2 atom stereocenters.